The summed E-state index contributed by atoms with van der Waals surface area (Å²) in [6, 6.07) is 4.03. The van der Waals surface area contributed by atoms with Crippen molar-refractivity contribution in [2.75, 3.05) is 14.1 Å². The Labute approximate surface area is 137 Å². The normalized spacial score (nSPS) is 20.7. The Balaban J connectivity index is 1.70. The summed E-state index contributed by atoms with van der Waals surface area (Å²) >= 11 is 0. The number of hydrogen-bond acceptors (Lipinski definition) is 3. The van der Waals surface area contributed by atoms with E-state index in [1.807, 2.05) is 24.1 Å². The molecule has 2 amide bonds. The molecule has 1 unspecified atom stereocenters. The Morgan fingerprint density at radius 3 is 3.00 bits per heavy atom. The first-order chi connectivity index (χ1) is 11.1. The van der Waals surface area contributed by atoms with Gasteiger partial charge in [-0.3, -0.25) is 14.6 Å². The van der Waals surface area contributed by atoms with E-state index in [-0.39, 0.29) is 24.3 Å². The van der Waals surface area contributed by atoms with Gasteiger partial charge in [0.2, 0.25) is 5.91 Å². The predicted octanol–water partition coefficient (Wildman–Crippen LogP) is 2.14. The van der Waals surface area contributed by atoms with Crippen molar-refractivity contribution in [3.05, 3.63) is 41.2 Å². The number of pyridine rings is 1. The molecule has 2 aliphatic rings. The van der Waals surface area contributed by atoms with Gasteiger partial charge in [-0.1, -0.05) is 12.5 Å². The molecule has 0 aromatic carbocycles. The van der Waals surface area contributed by atoms with E-state index in [4.69, 9.17) is 0 Å². The highest BCUT2D eigenvalue weighted by Crippen LogP contribution is 2.37. The van der Waals surface area contributed by atoms with Crippen LogP contribution < -0.4 is 0 Å². The van der Waals surface area contributed by atoms with E-state index >= 15 is 0 Å². The van der Waals surface area contributed by atoms with E-state index in [2.05, 4.69) is 4.98 Å². The number of likely N-dealkylation sites (N-methyl/N-ethyl adjacent to an activating group) is 1. The average molecular weight is 313 g/mol. The van der Waals surface area contributed by atoms with E-state index in [1.165, 1.54) is 5.57 Å². The monoisotopic (exact) mass is 313 g/mol. The van der Waals surface area contributed by atoms with Gasteiger partial charge in [-0.05, 0) is 36.5 Å². The van der Waals surface area contributed by atoms with E-state index in [0.717, 1.165) is 36.8 Å². The van der Waals surface area contributed by atoms with Gasteiger partial charge in [0, 0.05) is 38.6 Å². The number of fused-ring (bicyclic) bond motifs is 1. The van der Waals surface area contributed by atoms with Crippen LogP contribution in [0.1, 0.15) is 37.7 Å². The minimum absolute atomic E-state index is 0.00988. The second-order valence-electron chi connectivity index (χ2n) is 6.47. The van der Waals surface area contributed by atoms with Gasteiger partial charge in [-0.2, -0.15) is 0 Å². The lowest BCUT2D eigenvalue weighted by Gasteiger charge is -2.26. The Morgan fingerprint density at radius 2 is 2.26 bits per heavy atom. The van der Waals surface area contributed by atoms with Gasteiger partial charge in [-0.15, -0.1) is 0 Å². The molecule has 5 heteroatoms. The second-order valence-corrected chi connectivity index (χ2v) is 6.47. The van der Waals surface area contributed by atoms with Crippen LogP contribution in [0.15, 0.2) is 35.7 Å². The van der Waals surface area contributed by atoms with Gasteiger partial charge in [0.05, 0.1) is 12.5 Å². The zero-order chi connectivity index (χ0) is 16.4. The van der Waals surface area contributed by atoms with E-state index in [1.54, 1.807) is 24.3 Å². The van der Waals surface area contributed by atoms with Crippen LogP contribution in [0.5, 0.6) is 0 Å². The lowest BCUT2D eigenvalue weighted by atomic mass is 9.88. The average Bonchev–Trinajstić information content (AvgIpc) is 2.81. The van der Waals surface area contributed by atoms with Crippen LogP contribution in [0.4, 0.5) is 0 Å². The third-order valence-corrected chi connectivity index (χ3v) is 4.91. The maximum absolute atomic E-state index is 12.5. The maximum atomic E-state index is 12.5. The van der Waals surface area contributed by atoms with E-state index in [0.29, 0.717) is 6.54 Å². The molecule has 1 aliphatic carbocycles. The summed E-state index contributed by atoms with van der Waals surface area (Å²) in [5.74, 6) is 0.0272. The van der Waals surface area contributed by atoms with Crippen LogP contribution in [0.2, 0.25) is 0 Å². The molecule has 122 valence electrons. The van der Waals surface area contributed by atoms with Gasteiger partial charge < -0.3 is 9.80 Å². The maximum Gasteiger partial charge on any atom is 0.250 e. The quantitative estimate of drug-likeness (QED) is 0.856. The summed E-state index contributed by atoms with van der Waals surface area (Å²) in [5, 5.41) is 0. The molecule has 0 spiro atoms. The summed E-state index contributed by atoms with van der Waals surface area (Å²) in [4.78, 5) is 32.6. The zero-order valence-corrected chi connectivity index (χ0v) is 13.8. The molecule has 1 aromatic heterocycles. The molecule has 0 bridgehead atoms. The van der Waals surface area contributed by atoms with Gasteiger partial charge in [0.25, 0.3) is 5.91 Å². The molecule has 23 heavy (non-hydrogen) atoms. The summed E-state index contributed by atoms with van der Waals surface area (Å²) in [5.41, 5.74) is 2.93. The molecule has 0 radical (unpaired) electrons. The number of nitrogens with zero attached hydrogens (tertiary/aromatic N) is 3. The topological polar surface area (TPSA) is 53.5 Å². The molecule has 0 N–H and O–H groups in total. The molecule has 5 nitrogen and oxygen atoms in total. The summed E-state index contributed by atoms with van der Waals surface area (Å²) in [6.45, 7) is 0.517. The fourth-order valence-electron chi connectivity index (χ4n) is 3.59. The lowest BCUT2D eigenvalue weighted by Crippen LogP contribution is -2.33. The number of hydrogen-bond donors (Lipinski definition) is 0. The molecule has 1 aromatic rings. The SMILES string of the molecule is CN(Cc1cccnc1)C(=O)CC1=C2CCCCC2N(C)C1=O. The number of aromatic nitrogens is 1. The Bertz CT molecular complexity index is 639. The number of amides is 2. The summed E-state index contributed by atoms with van der Waals surface area (Å²) < 4.78 is 0. The largest absolute Gasteiger partial charge is 0.341 e. The Hall–Kier alpha value is -2.17. The van der Waals surface area contributed by atoms with Crippen LogP contribution in [-0.4, -0.2) is 46.7 Å². The third kappa shape index (κ3) is 3.14. The van der Waals surface area contributed by atoms with Gasteiger partial charge in [-0.25, -0.2) is 0 Å². The van der Waals surface area contributed by atoms with Crippen molar-refractivity contribution < 1.29 is 9.59 Å². The minimum Gasteiger partial charge on any atom is -0.341 e. The molecule has 1 fully saturated rings. The van der Waals surface area contributed by atoms with Gasteiger partial charge in [0.1, 0.15) is 0 Å². The summed E-state index contributed by atoms with van der Waals surface area (Å²) in [6.07, 6.45) is 7.96. The van der Waals surface area contributed by atoms with Gasteiger partial charge in [0.15, 0.2) is 0 Å². The van der Waals surface area contributed by atoms with Crippen molar-refractivity contribution >= 4 is 11.8 Å². The van der Waals surface area contributed by atoms with Crippen LogP contribution in [0.3, 0.4) is 0 Å². The van der Waals surface area contributed by atoms with Crippen molar-refractivity contribution in [2.24, 2.45) is 0 Å². The van der Waals surface area contributed by atoms with Crippen molar-refractivity contribution in [1.29, 1.82) is 0 Å². The number of rotatable bonds is 4. The highest BCUT2D eigenvalue weighted by Gasteiger charge is 2.38. The van der Waals surface area contributed by atoms with Crippen LogP contribution in [-0.2, 0) is 16.1 Å². The fraction of sp³-hybridized carbons (Fsp3) is 0.500. The third-order valence-electron chi connectivity index (χ3n) is 4.91. The fourth-order valence-corrected chi connectivity index (χ4v) is 3.59. The predicted molar refractivity (Wildman–Crippen MR) is 87.4 cm³/mol. The van der Waals surface area contributed by atoms with Crippen molar-refractivity contribution in [2.45, 2.75) is 44.7 Å². The molecular formula is C18H23N3O2. The zero-order valence-electron chi connectivity index (χ0n) is 13.8. The number of carbonyl (C=O) groups is 2. The molecule has 1 aliphatic heterocycles. The first-order valence-electron chi connectivity index (χ1n) is 8.20. The molecule has 2 heterocycles. The summed E-state index contributed by atoms with van der Waals surface area (Å²) in [7, 11) is 3.64. The van der Waals surface area contributed by atoms with E-state index in [9.17, 15) is 9.59 Å². The molecule has 0 saturated heterocycles. The highest BCUT2D eigenvalue weighted by atomic mass is 16.2. The minimum atomic E-state index is -0.00988. The highest BCUT2D eigenvalue weighted by molar-refractivity contribution is 6.02. The van der Waals surface area contributed by atoms with Crippen LogP contribution in [0, 0.1) is 0 Å². The van der Waals surface area contributed by atoms with Gasteiger partial charge >= 0.3 is 0 Å². The standard InChI is InChI=1S/C18H23N3O2/c1-20(12-13-6-5-9-19-11-13)17(22)10-15-14-7-3-4-8-16(14)21(2)18(15)23/h5-6,9,11,16H,3-4,7-8,10,12H2,1-2H3. The Kier molecular flexibility index (Phi) is 4.46. The van der Waals surface area contributed by atoms with E-state index < -0.39 is 0 Å². The van der Waals surface area contributed by atoms with Crippen LogP contribution >= 0.6 is 0 Å². The second kappa shape index (κ2) is 6.52. The van der Waals surface area contributed by atoms with Crippen molar-refractivity contribution in [1.82, 2.24) is 14.8 Å². The number of carbonyl (C=O) groups excluding carboxylic acids is 2. The molecular weight excluding hydrogens is 290 g/mol. The smallest absolute Gasteiger partial charge is 0.250 e. The lowest BCUT2D eigenvalue weighted by molar-refractivity contribution is -0.132. The molecule has 1 saturated carbocycles. The first-order valence-corrected chi connectivity index (χ1v) is 8.20. The molecule has 3 rings (SSSR count). The Morgan fingerprint density at radius 1 is 1.43 bits per heavy atom. The van der Waals surface area contributed by atoms with Crippen molar-refractivity contribution in [3.63, 3.8) is 0 Å². The van der Waals surface area contributed by atoms with Crippen LogP contribution in [0.25, 0.3) is 0 Å². The first kappa shape index (κ1) is 15.7. The molecule has 1 atom stereocenters. The van der Waals surface area contributed by atoms with Crippen molar-refractivity contribution in [3.8, 4) is 0 Å².